The molecule has 0 spiro atoms. The largest absolute Gasteiger partial charge is 0.433 e. The molecule has 0 saturated heterocycles. The smallest absolute Gasteiger partial charge is 0.243 e. The van der Waals surface area contributed by atoms with Gasteiger partial charge < -0.3 is 0 Å². The normalized spacial score (nSPS) is 11.9. The van der Waals surface area contributed by atoms with Crippen LogP contribution < -0.4 is 0 Å². The monoisotopic (exact) mass is 365 g/mol. The van der Waals surface area contributed by atoms with Gasteiger partial charge in [-0.25, -0.2) is 4.98 Å². The zero-order valence-electron chi connectivity index (χ0n) is 12.9. The molecule has 3 aromatic rings. The zero-order chi connectivity index (χ0) is 18.9. The van der Waals surface area contributed by atoms with E-state index in [4.69, 9.17) is 0 Å². The number of benzene rings is 2. The van der Waals surface area contributed by atoms with Crippen LogP contribution in [0.1, 0.15) is 22.4 Å². The number of halogens is 6. The maximum atomic E-state index is 13.2. The number of fused-ring (bicyclic) bond motifs is 1. The summed E-state index contributed by atoms with van der Waals surface area (Å²) in [4.78, 5) is 3.22. The molecule has 1 heterocycles. The predicted octanol–water partition coefficient (Wildman–Crippen LogP) is 5.67. The molecule has 0 aliphatic rings. The highest BCUT2D eigenvalue weighted by Gasteiger charge is 2.37. The van der Waals surface area contributed by atoms with Gasteiger partial charge in [-0.15, -0.1) is 0 Å². The van der Waals surface area contributed by atoms with Crippen molar-refractivity contribution in [2.75, 3.05) is 0 Å². The molecule has 26 heavy (non-hydrogen) atoms. The molecule has 1 nitrogen and oxygen atoms in total. The van der Waals surface area contributed by atoms with Gasteiger partial charge in [0.15, 0.2) is 0 Å². The quantitative estimate of drug-likeness (QED) is 0.369. The fourth-order valence-electron chi connectivity index (χ4n) is 2.39. The molecule has 3 rings (SSSR count). The molecule has 1 aromatic heterocycles. The molecule has 0 bridgehead atoms. The average molecular weight is 365 g/mol. The second kappa shape index (κ2) is 6.37. The third-order valence-corrected chi connectivity index (χ3v) is 3.55. The maximum Gasteiger partial charge on any atom is 0.433 e. The molecule has 0 radical (unpaired) electrons. The number of alkyl halides is 6. The second-order valence-electron chi connectivity index (χ2n) is 5.37. The van der Waals surface area contributed by atoms with Gasteiger partial charge in [0.2, 0.25) is 0 Å². The first-order valence-corrected chi connectivity index (χ1v) is 7.31. The molecule has 0 N–H and O–H groups in total. The van der Waals surface area contributed by atoms with Gasteiger partial charge >= 0.3 is 12.4 Å². The van der Waals surface area contributed by atoms with E-state index >= 15 is 0 Å². The van der Waals surface area contributed by atoms with Crippen molar-refractivity contribution in [2.45, 2.75) is 12.4 Å². The lowest BCUT2D eigenvalue weighted by molar-refractivity contribution is -0.142. The fourth-order valence-corrected chi connectivity index (χ4v) is 2.39. The van der Waals surface area contributed by atoms with E-state index in [0.29, 0.717) is 17.7 Å². The number of nitrogens with zero attached hydrogens (tertiary/aromatic N) is 1. The van der Waals surface area contributed by atoms with Crippen molar-refractivity contribution in [3.05, 3.63) is 77.0 Å². The summed E-state index contributed by atoms with van der Waals surface area (Å²) in [7, 11) is 0. The highest BCUT2D eigenvalue weighted by Crippen LogP contribution is 2.37. The molecule has 0 unspecified atom stereocenters. The van der Waals surface area contributed by atoms with Crippen molar-refractivity contribution in [1.29, 1.82) is 0 Å². The van der Waals surface area contributed by atoms with Crippen LogP contribution in [-0.4, -0.2) is 4.98 Å². The Morgan fingerprint density at radius 2 is 1.42 bits per heavy atom. The fraction of sp³-hybridized carbons (Fsp3) is 0.105. The minimum Gasteiger partial charge on any atom is -0.243 e. The van der Waals surface area contributed by atoms with Gasteiger partial charge in [-0.05, 0) is 24.3 Å². The maximum absolute atomic E-state index is 13.2. The first-order chi connectivity index (χ1) is 12.2. The van der Waals surface area contributed by atoms with E-state index in [2.05, 4.69) is 16.8 Å². The van der Waals surface area contributed by atoms with Gasteiger partial charge in [-0.3, -0.25) is 0 Å². The van der Waals surface area contributed by atoms with E-state index < -0.39 is 29.1 Å². The van der Waals surface area contributed by atoms with Crippen LogP contribution in [0.15, 0.2) is 54.6 Å². The molecule has 0 saturated carbocycles. The third kappa shape index (κ3) is 3.64. The molecule has 0 aliphatic carbocycles. The molecular formula is C19H9F6N. The van der Waals surface area contributed by atoms with Crippen molar-refractivity contribution in [2.24, 2.45) is 0 Å². The molecule has 0 atom stereocenters. The molecule has 0 aliphatic heterocycles. The van der Waals surface area contributed by atoms with Crippen LogP contribution in [0.3, 0.4) is 0 Å². The van der Waals surface area contributed by atoms with Crippen molar-refractivity contribution < 1.29 is 26.3 Å². The number of hydrogen-bond donors (Lipinski definition) is 0. The van der Waals surface area contributed by atoms with Gasteiger partial charge in [0.1, 0.15) is 5.69 Å². The Balaban J connectivity index is 2.30. The summed E-state index contributed by atoms with van der Waals surface area (Å²) in [5, 5.41) is -0.0868. The third-order valence-electron chi connectivity index (χ3n) is 3.55. The lowest BCUT2D eigenvalue weighted by atomic mass is 10.0. The van der Waals surface area contributed by atoms with Crippen LogP contribution in [0.5, 0.6) is 0 Å². The summed E-state index contributed by atoms with van der Waals surface area (Å²) < 4.78 is 78.8. The summed E-state index contributed by atoms with van der Waals surface area (Å²) in [5.74, 6) is 5.20. The van der Waals surface area contributed by atoms with E-state index in [9.17, 15) is 26.3 Å². The summed E-state index contributed by atoms with van der Waals surface area (Å²) in [6.07, 6.45) is -9.73. The van der Waals surface area contributed by atoms with E-state index in [1.54, 1.807) is 30.3 Å². The minimum absolute atomic E-state index is 0.0868. The van der Waals surface area contributed by atoms with Crippen LogP contribution in [0.2, 0.25) is 0 Å². The standard InChI is InChI=1S/C19H9F6N/c20-18(21,22)15-8-4-7-14-13(10-9-12-5-2-1-3-6-12)11-16(19(23,24)25)26-17(14)15/h1-8,11H. The summed E-state index contributed by atoms with van der Waals surface area (Å²) in [6.45, 7) is 0. The van der Waals surface area contributed by atoms with Crippen LogP contribution >= 0.6 is 0 Å². The van der Waals surface area contributed by atoms with E-state index in [1.165, 1.54) is 6.07 Å². The Morgan fingerprint density at radius 3 is 2.04 bits per heavy atom. The Labute approximate surface area is 144 Å². The zero-order valence-corrected chi connectivity index (χ0v) is 12.9. The molecule has 7 heteroatoms. The van der Waals surface area contributed by atoms with Gasteiger partial charge in [0.05, 0.1) is 11.1 Å². The first kappa shape index (κ1) is 17.8. The minimum atomic E-state index is -4.89. The number of aromatic nitrogens is 1. The Hall–Kier alpha value is -3.01. The lowest BCUT2D eigenvalue weighted by Gasteiger charge is -2.13. The summed E-state index contributed by atoms with van der Waals surface area (Å²) in [6, 6.07) is 12.2. The Kier molecular flexibility index (Phi) is 4.36. The highest BCUT2D eigenvalue weighted by molar-refractivity contribution is 5.88. The summed E-state index contributed by atoms with van der Waals surface area (Å²) >= 11 is 0. The Bertz CT molecular complexity index is 1010. The van der Waals surface area contributed by atoms with E-state index in [0.717, 1.165) is 6.07 Å². The second-order valence-corrected chi connectivity index (χ2v) is 5.37. The SMILES string of the molecule is FC(F)(F)c1cc(C#Cc2ccccc2)c2cccc(C(F)(F)F)c2n1. The van der Waals surface area contributed by atoms with Crippen molar-refractivity contribution in [1.82, 2.24) is 4.98 Å². The van der Waals surface area contributed by atoms with Crippen LogP contribution in [0, 0.1) is 11.8 Å². The molecule has 0 fully saturated rings. The van der Waals surface area contributed by atoms with Gasteiger partial charge in [0, 0.05) is 16.5 Å². The Morgan fingerprint density at radius 1 is 0.731 bits per heavy atom. The van der Waals surface area contributed by atoms with Crippen LogP contribution in [0.4, 0.5) is 26.3 Å². The van der Waals surface area contributed by atoms with E-state index in [-0.39, 0.29) is 10.9 Å². The summed E-state index contributed by atoms with van der Waals surface area (Å²) in [5.41, 5.74) is -3.06. The van der Waals surface area contributed by atoms with Crippen LogP contribution in [-0.2, 0) is 12.4 Å². The van der Waals surface area contributed by atoms with Crippen LogP contribution in [0.25, 0.3) is 10.9 Å². The molecule has 132 valence electrons. The number of pyridine rings is 1. The highest BCUT2D eigenvalue weighted by atomic mass is 19.4. The molecular weight excluding hydrogens is 356 g/mol. The number of rotatable bonds is 0. The molecule has 0 amide bonds. The van der Waals surface area contributed by atoms with E-state index in [1.807, 2.05) is 0 Å². The van der Waals surface area contributed by atoms with Gasteiger partial charge in [0.25, 0.3) is 0 Å². The first-order valence-electron chi connectivity index (χ1n) is 7.31. The van der Waals surface area contributed by atoms with Gasteiger partial charge in [-0.2, -0.15) is 26.3 Å². The van der Waals surface area contributed by atoms with Crippen molar-refractivity contribution in [3.63, 3.8) is 0 Å². The topological polar surface area (TPSA) is 12.9 Å². The number of hydrogen-bond acceptors (Lipinski definition) is 1. The van der Waals surface area contributed by atoms with Gasteiger partial charge in [-0.1, -0.05) is 42.2 Å². The lowest BCUT2D eigenvalue weighted by Crippen LogP contribution is -2.12. The average Bonchev–Trinajstić information content (AvgIpc) is 2.58. The van der Waals surface area contributed by atoms with Crippen molar-refractivity contribution >= 4 is 10.9 Å². The van der Waals surface area contributed by atoms with Crippen molar-refractivity contribution in [3.8, 4) is 11.8 Å². The predicted molar refractivity (Wildman–Crippen MR) is 84.2 cm³/mol. The molecule has 2 aromatic carbocycles. The number of para-hydroxylation sites is 1.